The van der Waals surface area contributed by atoms with E-state index in [1.54, 1.807) is 12.4 Å². The summed E-state index contributed by atoms with van der Waals surface area (Å²) in [5, 5.41) is 7.94. The van der Waals surface area contributed by atoms with Crippen LogP contribution < -0.4 is 0 Å². The Morgan fingerprint density at radius 2 is 1.93 bits per heavy atom. The molecule has 0 spiro atoms. The third kappa shape index (κ3) is 2.66. The van der Waals surface area contributed by atoms with Crippen molar-refractivity contribution in [1.29, 1.82) is 0 Å². The molecule has 2 aromatic heterocycles. The van der Waals surface area contributed by atoms with Gasteiger partial charge in [-0.1, -0.05) is 11.3 Å². The van der Waals surface area contributed by atoms with E-state index >= 15 is 0 Å². The van der Waals surface area contributed by atoms with Crippen LogP contribution in [0.3, 0.4) is 0 Å². The molecule has 8 heteroatoms. The number of aromatic nitrogens is 4. The Labute approximate surface area is 91.8 Å². The Morgan fingerprint density at radius 1 is 1.20 bits per heavy atom. The molecule has 0 amide bonds. The lowest BCUT2D eigenvalue weighted by atomic mass is 10.4. The first-order valence-corrected chi connectivity index (χ1v) is 5.49. The Balaban J connectivity index is 2.21. The van der Waals surface area contributed by atoms with Crippen LogP contribution in [-0.4, -0.2) is 25.9 Å². The lowest BCUT2D eigenvalue weighted by Gasteiger charge is -1.91. The molecule has 0 saturated carbocycles. The maximum atomic E-state index is 12.0. The van der Waals surface area contributed by atoms with Crippen LogP contribution in [0.15, 0.2) is 23.1 Å². The van der Waals surface area contributed by atoms with Gasteiger partial charge in [-0.05, 0) is 11.8 Å². The highest BCUT2D eigenvalue weighted by Gasteiger charge is 2.12. The second-order valence-electron chi connectivity index (χ2n) is 2.38. The van der Waals surface area contributed by atoms with Crippen molar-refractivity contribution in [3.05, 3.63) is 18.7 Å². The molecule has 0 fully saturated rings. The summed E-state index contributed by atoms with van der Waals surface area (Å²) in [7, 11) is 0. The number of hydrogen-bond donors (Lipinski definition) is 0. The zero-order valence-electron chi connectivity index (χ0n) is 7.17. The summed E-state index contributed by atoms with van der Waals surface area (Å²) in [6.45, 7) is 0. The Hall–Kier alpha value is -1.15. The first kappa shape index (κ1) is 10.4. The molecule has 2 aromatic rings. The Kier molecular flexibility index (Phi) is 3.17. The highest BCUT2D eigenvalue weighted by Crippen LogP contribution is 2.31. The van der Waals surface area contributed by atoms with E-state index in [0.717, 1.165) is 11.3 Å². The van der Waals surface area contributed by atoms with E-state index in [4.69, 9.17) is 0 Å². The van der Waals surface area contributed by atoms with Gasteiger partial charge in [0.05, 0.1) is 0 Å². The highest BCUT2D eigenvalue weighted by molar-refractivity contribution is 8.01. The van der Waals surface area contributed by atoms with Crippen LogP contribution in [0.1, 0.15) is 0 Å². The molecule has 0 aliphatic carbocycles. The van der Waals surface area contributed by atoms with E-state index in [-0.39, 0.29) is 4.34 Å². The first-order chi connectivity index (χ1) is 7.25. The molecule has 0 aliphatic rings. The molecule has 15 heavy (non-hydrogen) atoms. The molecule has 0 unspecified atom stereocenters. The van der Waals surface area contributed by atoms with Gasteiger partial charge in [0.15, 0.2) is 9.35 Å². The predicted octanol–water partition coefficient (Wildman–Crippen LogP) is 2.31. The van der Waals surface area contributed by atoms with Gasteiger partial charge in [-0.2, -0.15) is 8.78 Å². The highest BCUT2D eigenvalue weighted by atomic mass is 32.2. The number of thioether (sulfide) groups is 1. The Bertz CT molecular complexity index is 434. The molecular weight excluding hydrogens is 242 g/mol. The van der Waals surface area contributed by atoms with E-state index < -0.39 is 5.76 Å². The molecule has 2 rings (SSSR count). The zero-order valence-corrected chi connectivity index (χ0v) is 8.80. The van der Waals surface area contributed by atoms with Gasteiger partial charge in [0.25, 0.3) is 5.76 Å². The zero-order chi connectivity index (χ0) is 10.7. The van der Waals surface area contributed by atoms with E-state index in [9.17, 15) is 8.78 Å². The molecular formula is C7H4F2N4S2. The van der Waals surface area contributed by atoms with E-state index in [1.807, 2.05) is 0 Å². The minimum atomic E-state index is -2.47. The fourth-order valence-electron chi connectivity index (χ4n) is 0.860. The normalized spacial score (nSPS) is 10.9. The Morgan fingerprint density at radius 3 is 2.60 bits per heavy atom. The van der Waals surface area contributed by atoms with Crippen LogP contribution in [0.2, 0.25) is 0 Å². The standard InChI is InChI=1S/C7H4F2N4S2/c8-6(9)15-7-13-12-5(14-7)4-1-10-3-11-2-4/h1-3,6H. The van der Waals surface area contributed by atoms with Crippen molar-refractivity contribution in [2.75, 3.05) is 0 Å². The summed E-state index contributed by atoms with van der Waals surface area (Å²) >= 11 is 1.48. The molecule has 0 radical (unpaired) electrons. The molecule has 0 N–H and O–H groups in total. The monoisotopic (exact) mass is 246 g/mol. The molecule has 0 aliphatic heterocycles. The van der Waals surface area contributed by atoms with Crippen molar-refractivity contribution in [2.45, 2.75) is 10.1 Å². The second-order valence-corrected chi connectivity index (χ2v) is 4.59. The lowest BCUT2D eigenvalue weighted by Crippen LogP contribution is -1.81. The largest absolute Gasteiger partial charge is 0.291 e. The van der Waals surface area contributed by atoms with E-state index in [2.05, 4.69) is 20.2 Å². The first-order valence-electron chi connectivity index (χ1n) is 3.79. The van der Waals surface area contributed by atoms with Gasteiger partial charge in [-0.15, -0.1) is 10.2 Å². The number of rotatable bonds is 3. The maximum Gasteiger partial charge on any atom is 0.291 e. The third-order valence-electron chi connectivity index (χ3n) is 1.40. The van der Waals surface area contributed by atoms with Gasteiger partial charge >= 0.3 is 0 Å². The minimum Gasteiger partial charge on any atom is -0.244 e. The summed E-state index contributed by atoms with van der Waals surface area (Å²) < 4.78 is 24.3. The molecule has 0 atom stereocenters. The van der Waals surface area contributed by atoms with Crippen molar-refractivity contribution in [2.24, 2.45) is 0 Å². The van der Waals surface area contributed by atoms with Crippen molar-refractivity contribution < 1.29 is 8.78 Å². The number of alkyl halides is 2. The summed E-state index contributed by atoms with van der Waals surface area (Å²) in [5.41, 5.74) is 0.677. The van der Waals surface area contributed by atoms with Crippen LogP contribution in [-0.2, 0) is 0 Å². The average molecular weight is 246 g/mol. The fraction of sp³-hybridized carbons (Fsp3) is 0.143. The van der Waals surface area contributed by atoms with Gasteiger partial charge in [0.2, 0.25) is 0 Å². The second kappa shape index (κ2) is 4.58. The molecule has 0 bridgehead atoms. The summed E-state index contributed by atoms with van der Waals surface area (Å²) in [4.78, 5) is 7.61. The van der Waals surface area contributed by atoms with Gasteiger partial charge in [0.1, 0.15) is 6.33 Å². The average Bonchev–Trinajstić information content (AvgIpc) is 2.67. The van der Waals surface area contributed by atoms with Crippen molar-refractivity contribution in [3.63, 3.8) is 0 Å². The van der Waals surface area contributed by atoms with Crippen molar-refractivity contribution in [1.82, 2.24) is 20.2 Å². The van der Waals surface area contributed by atoms with Gasteiger partial charge < -0.3 is 0 Å². The van der Waals surface area contributed by atoms with Crippen LogP contribution >= 0.6 is 23.1 Å². The van der Waals surface area contributed by atoms with E-state index in [1.165, 1.54) is 6.33 Å². The fourth-order valence-corrected chi connectivity index (χ4v) is 2.30. The summed E-state index contributed by atoms with van der Waals surface area (Å²) in [5.74, 6) is -2.47. The molecule has 78 valence electrons. The molecule has 0 aromatic carbocycles. The molecule has 4 nitrogen and oxygen atoms in total. The minimum absolute atomic E-state index is 0.240. The number of hydrogen-bond acceptors (Lipinski definition) is 6. The van der Waals surface area contributed by atoms with Gasteiger partial charge in [-0.25, -0.2) is 9.97 Å². The smallest absolute Gasteiger partial charge is 0.244 e. The van der Waals surface area contributed by atoms with Crippen molar-refractivity contribution in [3.8, 4) is 10.6 Å². The van der Waals surface area contributed by atoms with Crippen molar-refractivity contribution >= 4 is 23.1 Å². The van der Waals surface area contributed by atoms with Crippen LogP contribution in [0, 0.1) is 0 Å². The van der Waals surface area contributed by atoms with Gasteiger partial charge in [-0.3, -0.25) is 0 Å². The summed E-state index contributed by atoms with van der Waals surface area (Å²) in [6, 6.07) is 0. The van der Waals surface area contributed by atoms with Gasteiger partial charge in [0, 0.05) is 18.0 Å². The third-order valence-corrected chi connectivity index (χ3v) is 3.17. The van der Waals surface area contributed by atoms with Crippen LogP contribution in [0.5, 0.6) is 0 Å². The van der Waals surface area contributed by atoms with Crippen LogP contribution in [0.25, 0.3) is 10.6 Å². The number of nitrogens with zero attached hydrogens (tertiary/aromatic N) is 4. The summed E-state index contributed by atoms with van der Waals surface area (Å²) in [6.07, 6.45) is 4.51. The topological polar surface area (TPSA) is 51.6 Å². The van der Waals surface area contributed by atoms with Crippen LogP contribution in [0.4, 0.5) is 8.78 Å². The van der Waals surface area contributed by atoms with E-state index in [0.29, 0.717) is 22.3 Å². The SMILES string of the molecule is FC(F)Sc1nnc(-c2cncnc2)s1. The molecule has 2 heterocycles. The quantitative estimate of drug-likeness (QED) is 0.778. The lowest BCUT2D eigenvalue weighted by molar-refractivity contribution is 0.252. The predicted molar refractivity (Wildman–Crippen MR) is 52.8 cm³/mol. The molecule has 0 saturated heterocycles. The number of halogens is 2. The maximum absolute atomic E-state index is 12.0.